The molecule has 1 aliphatic heterocycles. The van der Waals surface area contributed by atoms with Crippen LogP contribution in [0.4, 0.5) is 10.5 Å². The summed E-state index contributed by atoms with van der Waals surface area (Å²) in [7, 11) is 5.17. The first-order valence-electron chi connectivity index (χ1n) is 9.31. The molecule has 152 valence electrons. The van der Waals surface area contributed by atoms with Crippen molar-refractivity contribution >= 4 is 11.7 Å². The number of carbonyl (C=O) groups is 1. The minimum absolute atomic E-state index is 0.0782. The van der Waals surface area contributed by atoms with Crippen LogP contribution in [0.1, 0.15) is 11.7 Å². The predicted molar refractivity (Wildman–Crippen MR) is 107 cm³/mol. The summed E-state index contributed by atoms with van der Waals surface area (Å²) < 4.78 is 18.1. The van der Waals surface area contributed by atoms with Crippen molar-refractivity contribution in [3.63, 3.8) is 0 Å². The maximum atomic E-state index is 12.5. The number of benzene rings is 1. The quantitative estimate of drug-likeness (QED) is 0.761. The van der Waals surface area contributed by atoms with Crippen molar-refractivity contribution < 1.29 is 19.0 Å². The molecule has 8 nitrogen and oxygen atoms in total. The molecule has 2 amide bonds. The molecule has 0 bridgehead atoms. The molecule has 1 saturated heterocycles. The van der Waals surface area contributed by atoms with E-state index in [1.807, 2.05) is 19.3 Å². The topological polar surface area (TPSA) is 77.0 Å². The summed E-state index contributed by atoms with van der Waals surface area (Å²) in [5.74, 6) is 1.23. The van der Waals surface area contributed by atoms with E-state index < -0.39 is 0 Å². The molecule has 2 aromatic rings. The standard InChI is InChI=1S/C20H28N4O4/c1-23-6-4-5-18(23)19(24-7-9-28-10-8-24)14-21-20(25)22-15-11-16(26-2)13-17(12-15)27-3/h4-6,11-13,19H,7-10,14H2,1-3H3,(H2,21,22,25)/t19-/m0/s1. The van der Waals surface area contributed by atoms with E-state index in [0.717, 1.165) is 18.8 Å². The molecule has 1 aliphatic rings. The van der Waals surface area contributed by atoms with E-state index in [-0.39, 0.29) is 12.1 Å². The molecular weight excluding hydrogens is 360 g/mol. The van der Waals surface area contributed by atoms with Gasteiger partial charge in [-0.25, -0.2) is 4.79 Å². The Bertz CT molecular complexity index is 764. The first-order valence-corrected chi connectivity index (χ1v) is 9.31. The Morgan fingerprint density at radius 2 is 1.86 bits per heavy atom. The SMILES string of the molecule is COc1cc(NC(=O)NC[C@@H](c2cccn2C)N2CCOCC2)cc(OC)c1. The van der Waals surface area contributed by atoms with Crippen LogP contribution in [0.3, 0.4) is 0 Å². The highest BCUT2D eigenvalue weighted by molar-refractivity contribution is 5.89. The van der Waals surface area contributed by atoms with Crippen molar-refractivity contribution in [2.45, 2.75) is 6.04 Å². The summed E-state index contributed by atoms with van der Waals surface area (Å²) in [5, 5.41) is 5.84. The third-order valence-corrected chi connectivity index (χ3v) is 4.88. The van der Waals surface area contributed by atoms with E-state index in [9.17, 15) is 4.79 Å². The highest BCUT2D eigenvalue weighted by Crippen LogP contribution is 2.26. The van der Waals surface area contributed by atoms with Gasteiger partial charge < -0.3 is 29.4 Å². The Balaban J connectivity index is 1.66. The van der Waals surface area contributed by atoms with Crippen LogP contribution in [0.5, 0.6) is 11.5 Å². The number of nitrogens with zero attached hydrogens (tertiary/aromatic N) is 2. The zero-order valence-electron chi connectivity index (χ0n) is 16.6. The minimum atomic E-state index is -0.275. The number of amides is 2. The van der Waals surface area contributed by atoms with E-state index in [4.69, 9.17) is 14.2 Å². The van der Waals surface area contributed by atoms with Crippen LogP contribution in [0.15, 0.2) is 36.5 Å². The largest absolute Gasteiger partial charge is 0.497 e. The summed E-state index contributed by atoms with van der Waals surface area (Å²) >= 11 is 0. The highest BCUT2D eigenvalue weighted by Gasteiger charge is 2.24. The van der Waals surface area contributed by atoms with Crippen molar-refractivity contribution in [3.05, 3.63) is 42.2 Å². The van der Waals surface area contributed by atoms with Crippen molar-refractivity contribution in [2.75, 3.05) is 52.4 Å². The fraction of sp³-hybridized carbons (Fsp3) is 0.450. The second kappa shape index (κ2) is 9.48. The molecule has 8 heteroatoms. The Morgan fingerprint density at radius 1 is 1.18 bits per heavy atom. The number of aromatic nitrogens is 1. The molecule has 2 N–H and O–H groups in total. The monoisotopic (exact) mass is 388 g/mol. The average Bonchev–Trinajstić information content (AvgIpc) is 3.14. The van der Waals surface area contributed by atoms with Gasteiger partial charge in [0.1, 0.15) is 11.5 Å². The van der Waals surface area contributed by atoms with Gasteiger partial charge in [0.05, 0.1) is 33.5 Å². The van der Waals surface area contributed by atoms with Crippen LogP contribution in [0.25, 0.3) is 0 Å². The van der Waals surface area contributed by atoms with Gasteiger partial charge in [0.25, 0.3) is 0 Å². The molecule has 0 unspecified atom stereocenters. The van der Waals surface area contributed by atoms with Crippen LogP contribution in [-0.4, -0.2) is 62.6 Å². The fourth-order valence-electron chi connectivity index (χ4n) is 3.37. The average molecular weight is 388 g/mol. The number of ether oxygens (including phenoxy) is 3. The number of urea groups is 1. The number of nitrogens with one attached hydrogen (secondary N) is 2. The fourth-order valence-corrected chi connectivity index (χ4v) is 3.37. The highest BCUT2D eigenvalue weighted by atomic mass is 16.5. The van der Waals surface area contributed by atoms with Gasteiger partial charge in [-0.15, -0.1) is 0 Å². The van der Waals surface area contributed by atoms with Gasteiger partial charge in [0.15, 0.2) is 0 Å². The molecule has 1 atom stereocenters. The molecule has 2 heterocycles. The van der Waals surface area contributed by atoms with Crippen LogP contribution < -0.4 is 20.1 Å². The number of rotatable bonds is 7. The van der Waals surface area contributed by atoms with Crippen molar-refractivity contribution in [1.82, 2.24) is 14.8 Å². The summed E-state index contributed by atoms with van der Waals surface area (Å²) in [6, 6.07) is 9.17. The van der Waals surface area contributed by atoms with Crippen LogP contribution >= 0.6 is 0 Å². The van der Waals surface area contributed by atoms with Crippen LogP contribution in [-0.2, 0) is 11.8 Å². The van der Waals surface area contributed by atoms with E-state index in [2.05, 4.69) is 26.2 Å². The summed E-state index contributed by atoms with van der Waals surface area (Å²) in [5.41, 5.74) is 1.76. The molecule has 0 spiro atoms. The number of anilines is 1. The second-order valence-corrected chi connectivity index (χ2v) is 6.64. The summed E-state index contributed by atoms with van der Waals surface area (Å²) in [6.07, 6.45) is 2.02. The number of methoxy groups -OCH3 is 2. The van der Waals surface area contributed by atoms with Gasteiger partial charge in [0.2, 0.25) is 0 Å². The molecule has 0 radical (unpaired) electrons. The molecule has 0 aliphatic carbocycles. The first kappa shape index (κ1) is 20.0. The van der Waals surface area contributed by atoms with Gasteiger partial charge in [-0.3, -0.25) is 4.90 Å². The number of morpholine rings is 1. The lowest BCUT2D eigenvalue weighted by Gasteiger charge is -2.34. The molecule has 28 heavy (non-hydrogen) atoms. The number of hydrogen-bond donors (Lipinski definition) is 2. The molecule has 3 rings (SSSR count). The maximum absolute atomic E-state index is 12.5. The Kier molecular flexibility index (Phi) is 6.78. The van der Waals surface area contributed by atoms with Gasteiger partial charge in [-0.05, 0) is 12.1 Å². The van der Waals surface area contributed by atoms with Gasteiger partial charge in [-0.2, -0.15) is 0 Å². The third-order valence-electron chi connectivity index (χ3n) is 4.88. The summed E-state index contributed by atoms with van der Waals surface area (Å²) in [6.45, 7) is 3.58. The number of hydrogen-bond acceptors (Lipinski definition) is 5. The van der Waals surface area contributed by atoms with Crippen molar-refractivity contribution in [3.8, 4) is 11.5 Å². The second-order valence-electron chi connectivity index (χ2n) is 6.64. The molecule has 1 fully saturated rings. The Hall–Kier alpha value is -2.71. The number of aryl methyl sites for hydroxylation is 1. The van der Waals surface area contributed by atoms with Crippen molar-refractivity contribution in [1.29, 1.82) is 0 Å². The van der Waals surface area contributed by atoms with E-state index in [1.54, 1.807) is 32.4 Å². The van der Waals surface area contributed by atoms with Crippen molar-refractivity contribution in [2.24, 2.45) is 7.05 Å². The van der Waals surface area contributed by atoms with E-state index in [1.165, 1.54) is 0 Å². The normalized spacial score (nSPS) is 15.7. The zero-order valence-corrected chi connectivity index (χ0v) is 16.6. The van der Waals surface area contributed by atoms with Crippen LogP contribution in [0.2, 0.25) is 0 Å². The molecule has 0 saturated carbocycles. The molecule has 1 aromatic heterocycles. The number of carbonyl (C=O) groups excluding carboxylic acids is 1. The smallest absolute Gasteiger partial charge is 0.319 e. The lowest BCUT2D eigenvalue weighted by molar-refractivity contribution is 0.0154. The van der Waals surface area contributed by atoms with Gasteiger partial charge >= 0.3 is 6.03 Å². The molecule has 1 aromatic carbocycles. The lowest BCUT2D eigenvalue weighted by atomic mass is 10.1. The third kappa shape index (κ3) is 4.96. The van der Waals surface area contributed by atoms with Crippen LogP contribution in [0, 0.1) is 0 Å². The van der Waals surface area contributed by atoms with Gasteiger partial charge in [-0.1, -0.05) is 0 Å². The molecular formula is C20H28N4O4. The minimum Gasteiger partial charge on any atom is -0.497 e. The Morgan fingerprint density at radius 3 is 2.43 bits per heavy atom. The first-order chi connectivity index (χ1) is 13.6. The maximum Gasteiger partial charge on any atom is 0.319 e. The van der Waals surface area contributed by atoms with E-state index in [0.29, 0.717) is 36.9 Å². The Labute approximate surface area is 165 Å². The zero-order chi connectivity index (χ0) is 19.9. The summed E-state index contributed by atoms with van der Waals surface area (Å²) in [4.78, 5) is 14.8. The van der Waals surface area contributed by atoms with E-state index >= 15 is 0 Å². The lowest BCUT2D eigenvalue weighted by Crippen LogP contribution is -2.45. The predicted octanol–water partition coefficient (Wildman–Crippen LogP) is 2.24. The van der Waals surface area contributed by atoms with Gasteiger partial charge in [0, 0.05) is 62.5 Å².